The SMILES string of the molecule is COC(=O)c1ccc(-n2cccn2)c([C@H](C)Oc2cc3cc(F)cc(F)c3[n+]([O-])c2)c1. The molecule has 7 nitrogen and oxygen atoms in total. The fourth-order valence-corrected chi connectivity index (χ4v) is 3.38. The Morgan fingerprint density at radius 2 is 2.03 bits per heavy atom. The quantitative estimate of drug-likeness (QED) is 0.276. The van der Waals surface area contributed by atoms with Crippen LogP contribution in [-0.4, -0.2) is 22.9 Å². The van der Waals surface area contributed by atoms with Crippen LogP contribution in [0.5, 0.6) is 5.75 Å². The average molecular weight is 425 g/mol. The molecule has 0 saturated carbocycles. The normalized spacial score (nSPS) is 12.0. The highest BCUT2D eigenvalue weighted by Gasteiger charge is 2.20. The van der Waals surface area contributed by atoms with Gasteiger partial charge in [-0.05, 0) is 37.3 Å². The van der Waals surface area contributed by atoms with Gasteiger partial charge in [-0.1, -0.05) is 0 Å². The van der Waals surface area contributed by atoms with Crippen LogP contribution in [0.2, 0.25) is 0 Å². The number of fused-ring (bicyclic) bond motifs is 1. The molecule has 0 aliphatic rings. The molecule has 0 spiro atoms. The average Bonchev–Trinajstić information content (AvgIpc) is 3.26. The van der Waals surface area contributed by atoms with Gasteiger partial charge in [0.25, 0.3) is 5.52 Å². The highest BCUT2D eigenvalue weighted by atomic mass is 19.1. The summed E-state index contributed by atoms with van der Waals surface area (Å²) in [5.74, 6) is -2.18. The van der Waals surface area contributed by atoms with Gasteiger partial charge in [0.2, 0.25) is 6.20 Å². The molecule has 0 radical (unpaired) electrons. The maximum atomic E-state index is 14.0. The molecule has 0 fully saturated rings. The summed E-state index contributed by atoms with van der Waals surface area (Å²) in [7, 11) is 1.28. The first-order valence-electron chi connectivity index (χ1n) is 9.28. The third-order valence-corrected chi connectivity index (χ3v) is 4.77. The topological polar surface area (TPSA) is 80.3 Å². The number of pyridine rings is 1. The summed E-state index contributed by atoms with van der Waals surface area (Å²) in [4.78, 5) is 12.0. The van der Waals surface area contributed by atoms with Gasteiger partial charge in [-0.3, -0.25) is 0 Å². The molecule has 0 aliphatic heterocycles. The van der Waals surface area contributed by atoms with Crippen LogP contribution in [0.25, 0.3) is 16.6 Å². The molecular formula is C22H17F2N3O4. The Morgan fingerprint density at radius 1 is 1.23 bits per heavy atom. The predicted molar refractivity (Wildman–Crippen MR) is 107 cm³/mol. The molecule has 2 aromatic heterocycles. The van der Waals surface area contributed by atoms with E-state index in [1.807, 2.05) is 0 Å². The highest BCUT2D eigenvalue weighted by Crippen LogP contribution is 2.29. The highest BCUT2D eigenvalue weighted by molar-refractivity contribution is 5.90. The van der Waals surface area contributed by atoms with Gasteiger partial charge < -0.3 is 14.7 Å². The zero-order chi connectivity index (χ0) is 22.1. The minimum absolute atomic E-state index is 0.0628. The molecule has 4 rings (SSSR count). The second-order valence-electron chi connectivity index (χ2n) is 6.80. The summed E-state index contributed by atoms with van der Waals surface area (Å²) < 4.78 is 40.2. The lowest BCUT2D eigenvalue weighted by atomic mass is 10.0. The van der Waals surface area contributed by atoms with E-state index in [0.717, 1.165) is 12.3 Å². The lowest BCUT2D eigenvalue weighted by Crippen LogP contribution is -2.28. The van der Waals surface area contributed by atoms with Crippen LogP contribution < -0.4 is 9.47 Å². The number of esters is 1. The van der Waals surface area contributed by atoms with E-state index in [9.17, 15) is 18.8 Å². The maximum absolute atomic E-state index is 14.0. The van der Waals surface area contributed by atoms with Crippen molar-refractivity contribution < 1.29 is 27.8 Å². The van der Waals surface area contributed by atoms with Crippen LogP contribution in [0.4, 0.5) is 8.78 Å². The van der Waals surface area contributed by atoms with Crippen molar-refractivity contribution in [2.75, 3.05) is 7.11 Å². The Kier molecular flexibility index (Phi) is 5.24. The van der Waals surface area contributed by atoms with Crippen molar-refractivity contribution in [2.24, 2.45) is 0 Å². The lowest BCUT2D eigenvalue weighted by molar-refractivity contribution is -0.578. The van der Waals surface area contributed by atoms with E-state index in [2.05, 4.69) is 5.10 Å². The van der Waals surface area contributed by atoms with E-state index in [0.29, 0.717) is 27.6 Å². The molecule has 0 unspecified atom stereocenters. The molecule has 0 saturated heterocycles. The number of nitrogens with zero attached hydrogens (tertiary/aromatic N) is 3. The van der Waals surface area contributed by atoms with E-state index in [4.69, 9.17) is 9.47 Å². The Balaban J connectivity index is 1.76. The minimum Gasteiger partial charge on any atom is -0.618 e. The number of carbonyl (C=O) groups excluding carboxylic acids is 1. The Morgan fingerprint density at radius 3 is 2.74 bits per heavy atom. The van der Waals surface area contributed by atoms with Crippen LogP contribution in [0.3, 0.4) is 0 Å². The van der Waals surface area contributed by atoms with Crippen molar-refractivity contribution in [3.63, 3.8) is 0 Å². The molecule has 158 valence electrons. The second-order valence-corrected chi connectivity index (χ2v) is 6.80. The number of halogens is 2. The molecule has 2 aromatic carbocycles. The van der Waals surface area contributed by atoms with Gasteiger partial charge in [-0.2, -0.15) is 14.2 Å². The summed E-state index contributed by atoms with van der Waals surface area (Å²) in [5.41, 5.74) is 1.27. The van der Waals surface area contributed by atoms with Gasteiger partial charge in [0.05, 0.1) is 23.7 Å². The van der Waals surface area contributed by atoms with Crippen LogP contribution in [0, 0.1) is 16.8 Å². The number of hydrogen-bond acceptors (Lipinski definition) is 5. The van der Waals surface area contributed by atoms with Crippen LogP contribution in [0.1, 0.15) is 28.9 Å². The summed E-state index contributed by atoms with van der Waals surface area (Å²) in [6.07, 6.45) is 3.75. The Bertz CT molecular complexity index is 1280. The van der Waals surface area contributed by atoms with E-state index >= 15 is 0 Å². The second kappa shape index (κ2) is 8.02. The zero-order valence-corrected chi connectivity index (χ0v) is 16.6. The van der Waals surface area contributed by atoms with Gasteiger partial charge in [0, 0.05) is 30.1 Å². The van der Waals surface area contributed by atoms with E-state index in [1.165, 1.54) is 13.2 Å². The van der Waals surface area contributed by atoms with Gasteiger partial charge >= 0.3 is 5.97 Å². The molecule has 0 amide bonds. The third-order valence-electron chi connectivity index (χ3n) is 4.77. The number of rotatable bonds is 5. The monoisotopic (exact) mass is 425 g/mol. The van der Waals surface area contributed by atoms with Gasteiger partial charge in [-0.15, -0.1) is 0 Å². The van der Waals surface area contributed by atoms with Gasteiger partial charge in [0.15, 0.2) is 11.6 Å². The first kappa shape index (κ1) is 20.3. The number of hydrogen-bond donors (Lipinski definition) is 0. The Hall–Kier alpha value is -4.01. The smallest absolute Gasteiger partial charge is 0.337 e. The van der Waals surface area contributed by atoms with Crippen molar-refractivity contribution >= 4 is 16.9 Å². The molecule has 2 heterocycles. The van der Waals surface area contributed by atoms with Crippen molar-refractivity contribution in [3.05, 3.63) is 89.0 Å². The third kappa shape index (κ3) is 3.89. The van der Waals surface area contributed by atoms with E-state index in [-0.39, 0.29) is 16.7 Å². The van der Waals surface area contributed by atoms with Crippen LogP contribution in [0.15, 0.2) is 61.1 Å². The minimum atomic E-state index is -0.962. The number of ether oxygens (including phenoxy) is 2. The van der Waals surface area contributed by atoms with Gasteiger partial charge in [-0.25, -0.2) is 13.9 Å². The molecular weight excluding hydrogens is 408 g/mol. The van der Waals surface area contributed by atoms with Crippen molar-refractivity contribution in [2.45, 2.75) is 13.0 Å². The van der Waals surface area contributed by atoms with Crippen LogP contribution in [-0.2, 0) is 4.74 Å². The molecule has 0 aliphatic carbocycles. The van der Waals surface area contributed by atoms with Gasteiger partial charge in [0.1, 0.15) is 11.9 Å². The summed E-state index contributed by atoms with van der Waals surface area (Å²) >= 11 is 0. The summed E-state index contributed by atoms with van der Waals surface area (Å²) in [6.45, 7) is 1.72. The van der Waals surface area contributed by atoms with Crippen molar-refractivity contribution in [1.29, 1.82) is 0 Å². The number of aromatic nitrogens is 3. The summed E-state index contributed by atoms with van der Waals surface area (Å²) in [5, 5.41) is 16.6. The number of benzene rings is 2. The standard InChI is InChI=1S/C22H17F2N3O4/c1-13(31-17-9-15-8-16(23)11-19(24)21(15)27(29)12-17)18-10-14(22(28)30-2)4-5-20(18)26-7-3-6-25-26/h3-13H,1-2H3/t13-/m0/s1. The molecule has 4 aromatic rings. The Labute approximate surface area is 175 Å². The number of carbonyl (C=O) groups is 1. The molecule has 1 atom stereocenters. The van der Waals surface area contributed by atoms with Crippen LogP contribution >= 0.6 is 0 Å². The fourth-order valence-electron chi connectivity index (χ4n) is 3.38. The van der Waals surface area contributed by atoms with Crippen molar-refractivity contribution in [1.82, 2.24) is 9.78 Å². The molecule has 0 N–H and O–H groups in total. The predicted octanol–water partition coefficient (Wildman–Crippen LogP) is 3.86. The van der Waals surface area contributed by atoms with E-state index in [1.54, 1.807) is 48.3 Å². The molecule has 31 heavy (non-hydrogen) atoms. The van der Waals surface area contributed by atoms with E-state index < -0.39 is 23.7 Å². The maximum Gasteiger partial charge on any atom is 0.337 e. The first-order chi connectivity index (χ1) is 14.9. The summed E-state index contributed by atoms with van der Waals surface area (Å²) in [6, 6.07) is 9.74. The van der Waals surface area contributed by atoms with Crippen molar-refractivity contribution in [3.8, 4) is 11.4 Å². The first-order valence-corrected chi connectivity index (χ1v) is 9.28. The lowest BCUT2D eigenvalue weighted by Gasteiger charge is -2.19. The zero-order valence-electron chi connectivity index (χ0n) is 16.6. The molecule has 0 bridgehead atoms. The fraction of sp³-hybridized carbons (Fsp3) is 0.136. The number of methoxy groups -OCH3 is 1. The largest absolute Gasteiger partial charge is 0.618 e. The molecule has 9 heteroatoms.